The van der Waals surface area contributed by atoms with Gasteiger partial charge in [-0.25, -0.2) is 0 Å². The minimum Gasteiger partial charge on any atom is -0.507 e. The van der Waals surface area contributed by atoms with Gasteiger partial charge in [-0.3, -0.25) is 14.6 Å². The first-order chi connectivity index (χ1) is 27.5. The number of anilines is 1. The van der Waals surface area contributed by atoms with Crippen molar-refractivity contribution < 1.29 is 58.6 Å². The van der Waals surface area contributed by atoms with Crippen molar-refractivity contribution in [2.24, 2.45) is 28.8 Å². The normalized spacial score (nSPS) is 34.3. The summed E-state index contributed by atoms with van der Waals surface area (Å²) in [5, 5.41) is 77.2. The number of piperazine rings is 1. The number of likely N-dealkylation sites (N-methyl/N-ethyl adjacent to an activating group) is 1. The van der Waals surface area contributed by atoms with Crippen LogP contribution in [0.1, 0.15) is 67.1 Å². The predicted molar refractivity (Wildman–Crippen MR) is 211 cm³/mol. The van der Waals surface area contributed by atoms with Crippen molar-refractivity contribution in [2.75, 3.05) is 45.6 Å². The zero-order valence-corrected chi connectivity index (χ0v) is 33.0. The van der Waals surface area contributed by atoms with Gasteiger partial charge in [0.25, 0.3) is 11.7 Å². The largest absolute Gasteiger partial charge is 0.507 e. The molecule has 1 amide bonds. The zero-order valence-electron chi connectivity index (χ0n) is 36.0. The predicted octanol–water partition coefficient (Wildman–Crippen LogP) is 3.76. The number of carbonyl (C=O) groups excluding carboxylic acids is 2. The van der Waals surface area contributed by atoms with Crippen LogP contribution in [0.5, 0.6) is 23.0 Å². The molecule has 6 rings (SSSR count). The first-order valence-corrected chi connectivity index (χ1v) is 18.7. The smallest absolute Gasteiger partial charge is 0.312 e. The van der Waals surface area contributed by atoms with Crippen molar-refractivity contribution in [3.05, 3.63) is 52.8 Å². The molecule has 4 heterocycles. The van der Waals surface area contributed by atoms with E-state index in [1.54, 1.807) is 44.9 Å². The molecular weight excluding hydrogens is 724 g/mol. The van der Waals surface area contributed by atoms with E-state index in [1.165, 1.54) is 57.4 Å². The van der Waals surface area contributed by atoms with Gasteiger partial charge in [0.2, 0.25) is 0 Å². The molecule has 1 fully saturated rings. The molecule has 2 aromatic rings. The molecule has 7 N–H and O–H groups in total. The zero-order chi connectivity index (χ0) is 43.9. The van der Waals surface area contributed by atoms with Gasteiger partial charge in [0.05, 0.1) is 59.1 Å². The lowest BCUT2D eigenvalue weighted by Gasteiger charge is -2.36. The van der Waals surface area contributed by atoms with Gasteiger partial charge in [0, 0.05) is 84.5 Å². The molecule has 56 heavy (non-hydrogen) atoms. The molecule has 0 spiro atoms. The Bertz CT molecular complexity index is 2060. The van der Waals surface area contributed by atoms with E-state index in [0.717, 1.165) is 0 Å². The molecule has 15 heteroatoms. The van der Waals surface area contributed by atoms with Crippen molar-refractivity contribution in [1.82, 2.24) is 9.91 Å². The van der Waals surface area contributed by atoms with Crippen LogP contribution in [-0.4, -0.2) is 129 Å². The highest BCUT2D eigenvalue weighted by molar-refractivity contribution is 6.23. The van der Waals surface area contributed by atoms with Crippen molar-refractivity contribution in [3.8, 4) is 23.0 Å². The number of phenols is 3. The van der Waals surface area contributed by atoms with Crippen molar-refractivity contribution >= 4 is 34.4 Å². The number of hydrogen-bond donors (Lipinski definition) is 7. The fourth-order valence-corrected chi connectivity index (χ4v) is 7.43. The number of ether oxygens (including phenoxy) is 3. The number of methoxy groups -OCH3 is 1. The van der Waals surface area contributed by atoms with E-state index in [4.69, 9.17) is 18.3 Å². The molecule has 2 aromatic carbocycles. The van der Waals surface area contributed by atoms with Crippen LogP contribution < -0.4 is 10.1 Å². The lowest BCUT2D eigenvalue weighted by Crippen LogP contribution is -2.44. The first kappa shape index (κ1) is 38.2. The SMILES string of the molecule is [2H]C([2H])([2H])N1CCN(/N=C/c2c3c(O)c4c(O)c(C)c5c(c4c2O)C(=O)[C@@](C)(O/C=C/[C@H](OC)[C@@H](C)[C@@H](O)[C@H](C)[C@H](O)[C@H](C)[C@@H](O)[C@@H](C)/C=C/C=C(\C)C(=O)N3)O5)CC1. The summed E-state index contributed by atoms with van der Waals surface area (Å²) in [6.45, 7) is 9.45. The number of Topliss-reactive ketones (excluding diaryl/α,β-unsaturated/α-hetero) is 1. The van der Waals surface area contributed by atoms with Gasteiger partial charge < -0.3 is 55.1 Å². The maximum Gasteiger partial charge on any atom is 0.312 e. The number of allylic oxidation sites excluding steroid dienone is 2. The van der Waals surface area contributed by atoms with Gasteiger partial charge in [-0.15, -0.1) is 0 Å². The number of benzene rings is 2. The van der Waals surface area contributed by atoms with Gasteiger partial charge in [0.15, 0.2) is 5.75 Å². The van der Waals surface area contributed by atoms with E-state index in [2.05, 4.69) is 10.4 Å². The Labute approximate surface area is 331 Å². The van der Waals surface area contributed by atoms with Crippen molar-refractivity contribution in [1.29, 1.82) is 0 Å². The lowest BCUT2D eigenvalue weighted by atomic mass is 9.78. The Morgan fingerprint density at radius 2 is 1.57 bits per heavy atom. The fourth-order valence-electron chi connectivity index (χ4n) is 7.43. The molecule has 9 atom stereocenters. The number of hydrogen-bond acceptors (Lipinski definition) is 14. The van der Waals surface area contributed by atoms with Crippen LogP contribution in [0, 0.1) is 30.6 Å². The number of aliphatic hydroxyl groups is 3. The Morgan fingerprint density at radius 1 is 0.929 bits per heavy atom. The summed E-state index contributed by atoms with van der Waals surface area (Å²) in [6.07, 6.45) is 4.38. The van der Waals surface area contributed by atoms with Crippen LogP contribution in [0.25, 0.3) is 10.8 Å². The van der Waals surface area contributed by atoms with Crippen LogP contribution in [0.3, 0.4) is 0 Å². The Hall–Kier alpha value is -4.67. The van der Waals surface area contributed by atoms with Crippen LogP contribution in [0.15, 0.2) is 41.2 Å². The Kier molecular flexibility index (Phi) is 11.5. The molecule has 4 aliphatic heterocycles. The third-order valence-corrected chi connectivity index (χ3v) is 11.4. The number of aliphatic hydroxyl groups excluding tert-OH is 3. The van der Waals surface area contributed by atoms with Gasteiger partial charge in [0.1, 0.15) is 17.2 Å². The topological polar surface area (TPSA) is 214 Å². The summed E-state index contributed by atoms with van der Waals surface area (Å²) < 4.78 is 40.8. The van der Waals surface area contributed by atoms with Crippen LogP contribution >= 0.6 is 0 Å². The maximum atomic E-state index is 14.4. The molecular formula is C41H56N4O11. The van der Waals surface area contributed by atoms with Gasteiger partial charge >= 0.3 is 5.79 Å². The Morgan fingerprint density at radius 3 is 2.21 bits per heavy atom. The van der Waals surface area contributed by atoms with E-state index >= 15 is 0 Å². The molecule has 1 saturated heterocycles. The average Bonchev–Trinajstić information content (AvgIpc) is 3.46. The number of hydrazone groups is 1. The number of carbonyl (C=O) groups is 2. The third kappa shape index (κ3) is 7.96. The van der Waals surface area contributed by atoms with Gasteiger partial charge in [-0.05, 0) is 26.9 Å². The number of amides is 1. The quantitative estimate of drug-likeness (QED) is 0.134. The summed E-state index contributed by atoms with van der Waals surface area (Å²) in [6, 6.07) is 0. The highest BCUT2D eigenvalue weighted by atomic mass is 16.7. The van der Waals surface area contributed by atoms with E-state index in [0.29, 0.717) is 0 Å². The summed E-state index contributed by atoms with van der Waals surface area (Å²) in [5.41, 5.74) is -0.656. The number of nitrogens with zero attached hydrogens (tertiary/aromatic N) is 3. The van der Waals surface area contributed by atoms with Crippen molar-refractivity contribution in [3.63, 3.8) is 0 Å². The Balaban J connectivity index is 1.68. The number of nitrogens with one attached hydrogen (secondary N) is 1. The molecule has 306 valence electrons. The van der Waals surface area contributed by atoms with Crippen LogP contribution in [0.4, 0.5) is 5.69 Å². The van der Waals surface area contributed by atoms with Gasteiger partial charge in [-0.1, -0.05) is 45.9 Å². The number of fused-ring (bicyclic) bond motifs is 14. The monoisotopic (exact) mass is 783 g/mol. The second-order valence-corrected chi connectivity index (χ2v) is 15.2. The highest BCUT2D eigenvalue weighted by Gasteiger charge is 2.50. The summed E-state index contributed by atoms with van der Waals surface area (Å²) in [4.78, 5) is 29.4. The van der Waals surface area contributed by atoms with E-state index < -0.39 is 89.8 Å². The second kappa shape index (κ2) is 16.8. The fraction of sp³-hybridized carbons (Fsp3) is 0.537. The minimum atomic E-state index is -2.29. The first-order valence-electron chi connectivity index (χ1n) is 20.2. The standard InChI is InChI=1S/C41H56N4O11/c1-20-11-10-12-21(2)40(53)43-31-26(19-42-45-16-14-44(8)15-17-45)36(50)28-29(37(31)51)35(49)25(6)38-30(28)39(52)41(7,56-38)55-18-13-27(54-9)22(3)33(47)24(5)34(48)23(4)32(20)46/h10-13,18-20,22-24,27,32-34,46-51H,14-17H2,1-9H3,(H,43,53)/b11-10+,18-13+,21-12+,42-19+/t20-,22+,23+,24-,27-,32-,33+,34+,41-/m0/s1/i8D3. The number of ketones is 1. The second-order valence-electron chi connectivity index (χ2n) is 15.2. The highest BCUT2D eigenvalue weighted by Crippen LogP contribution is 2.55. The minimum absolute atomic E-state index is 0.0222. The van der Waals surface area contributed by atoms with Gasteiger partial charge in [-0.2, -0.15) is 5.10 Å². The molecule has 0 radical (unpaired) electrons. The summed E-state index contributed by atoms with van der Waals surface area (Å²) >= 11 is 0. The van der Waals surface area contributed by atoms with E-state index in [1.807, 2.05) is 0 Å². The molecule has 4 aliphatic rings. The molecule has 5 bridgehead atoms. The molecule has 0 aromatic heterocycles. The molecule has 0 unspecified atom stereocenters. The number of aromatic hydroxyl groups is 3. The summed E-state index contributed by atoms with van der Waals surface area (Å²) in [7, 11) is 1.42. The average molecular weight is 784 g/mol. The number of phenolic OH excluding ortho intramolecular Hbond substituents is 3. The number of rotatable bonds is 3. The van der Waals surface area contributed by atoms with Crippen molar-refractivity contribution in [2.45, 2.75) is 78.7 Å². The molecule has 0 saturated carbocycles. The van der Waals surface area contributed by atoms with Crippen LogP contribution in [0.2, 0.25) is 0 Å². The van der Waals surface area contributed by atoms with Crippen LogP contribution in [-0.2, 0) is 14.3 Å². The van der Waals surface area contributed by atoms with E-state index in [9.17, 15) is 40.2 Å². The summed E-state index contributed by atoms with van der Waals surface area (Å²) in [5.74, 6) is -8.14. The lowest BCUT2D eigenvalue weighted by molar-refractivity contribution is -0.112. The van der Waals surface area contributed by atoms with E-state index in [-0.39, 0.29) is 70.7 Å². The third-order valence-electron chi connectivity index (χ3n) is 11.4. The molecule has 15 nitrogen and oxygen atoms in total. The maximum absolute atomic E-state index is 14.4. The molecule has 0 aliphatic carbocycles.